The van der Waals surface area contributed by atoms with Crippen molar-refractivity contribution in [2.75, 3.05) is 0 Å². The summed E-state index contributed by atoms with van der Waals surface area (Å²) in [5.74, 6) is 4.73. The molecule has 5 heteroatoms. The molecule has 0 spiro atoms. The highest BCUT2D eigenvalue weighted by Crippen LogP contribution is 2.19. The molecule has 0 radical (unpaired) electrons. The monoisotopic (exact) mass is 278 g/mol. The Bertz CT molecular complexity index is 584. The van der Waals surface area contributed by atoms with Gasteiger partial charge in [0.2, 0.25) is 0 Å². The number of ether oxygens (including phenoxy) is 1. The molecule has 0 saturated carbocycles. The topological polar surface area (TPSA) is 47.6 Å². The van der Waals surface area contributed by atoms with Gasteiger partial charge in [-0.15, -0.1) is 0 Å². The molecule has 0 aliphatic rings. The Labute approximate surface area is 115 Å². The zero-order valence-corrected chi connectivity index (χ0v) is 10.8. The summed E-state index contributed by atoms with van der Waals surface area (Å²) in [5.41, 5.74) is 1.50. The van der Waals surface area contributed by atoms with Gasteiger partial charge in [0, 0.05) is 5.02 Å². The average Bonchev–Trinajstić information content (AvgIpc) is 2.40. The third-order valence-corrected chi connectivity index (χ3v) is 2.74. The fourth-order valence-corrected chi connectivity index (χ4v) is 1.67. The molecule has 2 aromatic rings. The lowest BCUT2D eigenvalue weighted by molar-refractivity contribution is 0.290. The minimum absolute atomic E-state index is 0.184. The lowest BCUT2D eigenvalue weighted by Gasteiger charge is -2.07. The highest BCUT2D eigenvalue weighted by atomic mass is 35.5. The molecule has 19 heavy (non-hydrogen) atoms. The largest absolute Gasteiger partial charge is 0.486 e. The predicted octanol–water partition coefficient (Wildman–Crippen LogP) is 3.35. The van der Waals surface area contributed by atoms with E-state index in [0.29, 0.717) is 10.6 Å². The van der Waals surface area contributed by atoms with E-state index < -0.39 is 5.82 Å². The van der Waals surface area contributed by atoms with Gasteiger partial charge >= 0.3 is 0 Å². The van der Waals surface area contributed by atoms with Crippen LogP contribution in [0.2, 0.25) is 5.02 Å². The minimum atomic E-state index is -0.452. The van der Waals surface area contributed by atoms with Crippen LogP contribution in [0.4, 0.5) is 4.39 Å². The van der Waals surface area contributed by atoms with E-state index in [0.717, 1.165) is 5.56 Å². The van der Waals surface area contributed by atoms with Crippen molar-refractivity contribution in [1.82, 2.24) is 0 Å². The van der Waals surface area contributed by atoms with Gasteiger partial charge in [-0.2, -0.15) is 5.10 Å². The van der Waals surface area contributed by atoms with Crippen LogP contribution in [0.25, 0.3) is 0 Å². The lowest BCUT2D eigenvalue weighted by atomic mass is 10.2. The Hall–Kier alpha value is -2.07. The van der Waals surface area contributed by atoms with E-state index in [-0.39, 0.29) is 12.4 Å². The van der Waals surface area contributed by atoms with E-state index in [1.165, 1.54) is 12.3 Å². The highest BCUT2D eigenvalue weighted by Gasteiger charge is 2.04. The van der Waals surface area contributed by atoms with E-state index in [4.69, 9.17) is 22.2 Å². The highest BCUT2D eigenvalue weighted by molar-refractivity contribution is 6.30. The Morgan fingerprint density at radius 1 is 1.21 bits per heavy atom. The molecular formula is C14H12ClFN2O. The number of hydrazone groups is 1. The van der Waals surface area contributed by atoms with Crippen LogP contribution >= 0.6 is 11.6 Å². The smallest absolute Gasteiger partial charge is 0.165 e. The molecule has 0 aliphatic heterocycles. The van der Waals surface area contributed by atoms with Crippen LogP contribution in [0.15, 0.2) is 47.6 Å². The number of halogens is 2. The van der Waals surface area contributed by atoms with Crippen molar-refractivity contribution in [2.45, 2.75) is 6.61 Å². The van der Waals surface area contributed by atoms with Crippen molar-refractivity contribution < 1.29 is 9.13 Å². The first kappa shape index (κ1) is 13.4. The summed E-state index contributed by atoms with van der Waals surface area (Å²) in [7, 11) is 0. The maximum Gasteiger partial charge on any atom is 0.165 e. The van der Waals surface area contributed by atoms with Gasteiger partial charge in [0.25, 0.3) is 0 Å². The first-order valence-electron chi connectivity index (χ1n) is 5.59. The quantitative estimate of drug-likeness (QED) is 0.530. The van der Waals surface area contributed by atoms with Gasteiger partial charge in [-0.05, 0) is 41.5 Å². The van der Waals surface area contributed by atoms with E-state index in [1.54, 1.807) is 24.3 Å². The first-order chi connectivity index (χ1) is 9.19. The molecular weight excluding hydrogens is 267 g/mol. The van der Waals surface area contributed by atoms with Crippen LogP contribution in [-0.2, 0) is 6.61 Å². The Kier molecular flexibility index (Phi) is 4.36. The average molecular weight is 279 g/mol. The summed E-state index contributed by atoms with van der Waals surface area (Å²) in [6, 6.07) is 11.7. The number of hydrogen-bond acceptors (Lipinski definition) is 3. The number of nitrogens with two attached hydrogens (primary N) is 1. The Morgan fingerprint density at radius 2 is 1.95 bits per heavy atom. The lowest BCUT2D eigenvalue weighted by Crippen LogP contribution is -1.98. The molecule has 2 N–H and O–H groups in total. The molecule has 98 valence electrons. The van der Waals surface area contributed by atoms with E-state index in [2.05, 4.69) is 5.10 Å². The summed E-state index contributed by atoms with van der Waals surface area (Å²) in [4.78, 5) is 0. The first-order valence-corrected chi connectivity index (χ1v) is 5.97. The third-order valence-electron chi connectivity index (χ3n) is 2.49. The molecule has 0 saturated heterocycles. The third kappa shape index (κ3) is 3.69. The second kappa shape index (κ2) is 6.20. The molecule has 0 aromatic heterocycles. The van der Waals surface area contributed by atoms with E-state index in [1.807, 2.05) is 12.1 Å². The van der Waals surface area contributed by atoms with Crippen LogP contribution in [0, 0.1) is 5.82 Å². The second-order valence-electron chi connectivity index (χ2n) is 3.88. The van der Waals surface area contributed by atoms with Gasteiger partial charge in [-0.1, -0.05) is 23.7 Å². The summed E-state index contributed by atoms with van der Waals surface area (Å²) < 4.78 is 19.1. The van der Waals surface area contributed by atoms with Gasteiger partial charge in [-0.3, -0.25) is 0 Å². The van der Waals surface area contributed by atoms with Crippen molar-refractivity contribution in [3.8, 4) is 5.75 Å². The zero-order chi connectivity index (χ0) is 13.7. The van der Waals surface area contributed by atoms with E-state index >= 15 is 0 Å². The maximum absolute atomic E-state index is 13.7. The second-order valence-corrected chi connectivity index (χ2v) is 4.32. The van der Waals surface area contributed by atoms with Gasteiger partial charge in [-0.25, -0.2) is 4.39 Å². The molecule has 0 atom stereocenters. The molecule has 2 aromatic carbocycles. The van der Waals surface area contributed by atoms with Crippen molar-refractivity contribution in [3.63, 3.8) is 0 Å². The van der Waals surface area contributed by atoms with Gasteiger partial charge < -0.3 is 10.6 Å². The Morgan fingerprint density at radius 3 is 2.58 bits per heavy atom. The van der Waals surface area contributed by atoms with Crippen LogP contribution in [0.5, 0.6) is 5.75 Å². The molecule has 0 aliphatic carbocycles. The summed E-state index contributed by atoms with van der Waals surface area (Å²) >= 11 is 5.78. The number of nitrogens with zero attached hydrogens (tertiary/aromatic N) is 1. The van der Waals surface area contributed by atoms with Crippen molar-refractivity contribution in [3.05, 3.63) is 64.4 Å². The van der Waals surface area contributed by atoms with Crippen LogP contribution in [0.1, 0.15) is 11.1 Å². The zero-order valence-electron chi connectivity index (χ0n) is 10.0. The summed E-state index contributed by atoms with van der Waals surface area (Å²) in [6.07, 6.45) is 1.37. The van der Waals surface area contributed by atoms with Crippen LogP contribution < -0.4 is 10.6 Å². The maximum atomic E-state index is 13.7. The SMILES string of the molecule is NN=Cc1ccc(OCc2ccc(Cl)cc2)c(F)c1. The molecule has 3 nitrogen and oxygen atoms in total. The van der Waals surface area contributed by atoms with Crippen molar-refractivity contribution in [2.24, 2.45) is 10.9 Å². The molecule has 0 heterocycles. The molecule has 0 bridgehead atoms. The van der Waals surface area contributed by atoms with Crippen molar-refractivity contribution >= 4 is 17.8 Å². The molecule has 2 rings (SSSR count). The summed E-state index contributed by atoms with van der Waals surface area (Å²) in [5, 5.41) is 3.99. The fourth-order valence-electron chi connectivity index (χ4n) is 1.54. The normalized spacial score (nSPS) is 10.8. The van der Waals surface area contributed by atoms with Gasteiger partial charge in [0.05, 0.1) is 6.21 Å². The number of hydrogen-bond donors (Lipinski definition) is 1. The number of rotatable bonds is 4. The summed E-state index contributed by atoms with van der Waals surface area (Å²) in [6.45, 7) is 0.276. The number of benzene rings is 2. The Balaban J connectivity index is 2.05. The fraction of sp³-hybridized carbons (Fsp3) is 0.0714. The van der Waals surface area contributed by atoms with Gasteiger partial charge in [0.1, 0.15) is 6.61 Å². The molecule has 0 amide bonds. The van der Waals surface area contributed by atoms with Crippen molar-refractivity contribution in [1.29, 1.82) is 0 Å². The van der Waals surface area contributed by atoms with Crippen LogP contribution in [0.3, 0.4) is 0 Å². The molecule has 0 fully saturated rings. The standard InChI is InChI=1S/C14H12ClFN2O/c15-12-4-1-10(2-5-12)9-19-14-6-3-11(8-18-17)7-13(14)16/h1-8H,9,17H2. The van der Waals surface area contributed by atoms with Crippen LogP contribution in [-0.4, -0.2) is 6.21 Å². The molecule has 0 unspecified atom stereocenters. The predicted molar refractivity (Wildman–Crippen MR) is 74.0 cm³/mol. The van der Waals surface area contributed by atoms with E-state index in [9.17, 15) is 4.39 Å². The minimum Gasteiger partial charge on any atom is -0.486 e. The van der Waals surface area contributed by atoms with Gasteiger partial charge in [0.15, 0.2) is 11.6 Å².